The molecular weight excluding hydrogens is 342 g/mol. The van der Waals surface area contributed by atoms with Crippen molar-refractivity contribution in [1.82, 2.24) is 10.3 Å². The second-order valence-corrected chi connectivity index (χ2v) is 6.56. The van der Waals surface area contributed by atoms with Crippen LogP contribution in [0.5, 0.6) is 5.75 Å². The van der Waals surface area contributed by atoms with Gasteiger partial charge >= 0.3 is 0 Å². The van der Waals surface area contributed by atoms with Crippen molar-refractivity contribution in [2.24, 2.45) is 0 Å². The van der Waals surface area contributed by atoms with E-state index in [2.05, 4.69) is 15.2 Å². The normalized spacial score (nSPS) is 14.0. The van der Waals surface area contributed by atoms with Gasteiger partial charge < -0.3 is 19.7 Å². The Bertz CT molecular complexity index is 686. The highest BCUT2D eigenvalue weighted by molar-refractivity contribution is 5.77. The van der Waals surface area contributed by atoms with Crippen LogP contribution in [0, 0.1) is 0 Å². The fraction of sp³-hybridized carbons (Fsp3) is 0.429. The van der Waals surface area contributed by atoms with Crippen LogP contribution in [-0.2, 0) is 16.1 Å². The topological polar surface area (TPSA) is 63.7 Å². The molecule has 0 saturated carbocycles. The molecule has 1 aromatic carbocycles. The standard InChI is InChI=1S/C21H27N3O3/c25-21(17-26-13-14-27-19-7-3-1-4-8-19)23-16-18-9-10-20(22-15-18)24-11-5-2-6-12-24/h1,3-4,7-10,15H,2,5-6,11-14,16-17H2,(H,23,25). The first-order valence-corrected chi connectivity index (χ1v) is 9.53. The summed E-state index contributed by atoms with van der Waals surface area (Å²) in [4.78, 5) is 18.7. The lowest BCUT2D eigenvalue weighted by Gasteiger charge is -2.27. The number of hydrogen-bond acceptors (Lipinski definition) is 5. The molecule has 0 bridgehead atoms. The minimum absolute atomic E-state index is 0.0252. The van der Waals surface area contributed by atoms with E-state index in [1.54, 1.807) is 0 Å². The summed E-state index contributed by atoms with van der Waals surface area (Å²) in [5.41, 5.74) is 0.983. The van der Waals surface area contributed by atoms with Crippen LogP contribution in [0.25, 0.3) is 0 Å². The molecule has 6 nitrogen and oxygen atoms in total. The van der Waals surface area contributed by atoms with Gasteiger partial charge in [0.15, 0.2) is 0 Å². The summed E-state index contributed by atoms with van der Waals surface area (Å²) in [5, 5.41) is 2.85. The second kappa shape index (κ2) is 10.5. The van der Waals surface area contributed by atoms with E-state index < -0.39 is 0 Å². The Balaban J connectivity index is 1.29. The molecular formula is C21H27N3O3. The Kier molecular flexibility index (Phi) is 7.47. The summed E-state index contributed by atoms with van der Waals surface area (Å²) >= 11 is 0. The monoisotopic (exact) mass is 369 g/mol. The predicted octanol–water partition coefficient (Wildman–Crippen LogP) is 2.78. The lowest BCUT2D eigenvalue weighted by atomic mass is 10.1. The molecule has 6 heteroatoms. The van der Waals surface area contributed by atoms with Crippen LogP contribution in [0.4, 0.5) is 5.82 Å². The third kappa shape index (κ3) is 6.57. The first-order valence-electron chi connectivity index (χ1n) is 9.53. The zero-order valence-corrected chi connectivity index (χ0v) is 15.6. The van der Waals surface area contributed by atoms with Gasteiger partial charge in [-0.1, -0.05) is 24.3 Å². The number of ether oxygens (including phenoxy) is 2. The maximum absolute atomic E-state index is 11.9. The first kappa shape index (κ1) is 19.2. The number of carbonyl (C=O) groups excluding carboxylic acids is 1. The van der Waals surface area contributed by atoms with Crippen molar-refractivity contribution in [3.05, 3.63) is 54.2 Å². The molecule has 1 aliphatic heterocycles. The highest BCUT2D eigenvalue weighted by Crippen LogP contribution is 2.17. The smallest absolute Gasteiger partial charge is 0.246 e. The van der Waals surface area contributed by atoms with Crippen molar-refractivity contribution in [1.29, 1.82) is 0 Å². The van der Waals surface area contributed by atoms with Gasteiger partial charge in [-0.3, -0.25) is 4.79 Å². The molecule has 1 amide bonds. The van der Waals surface area contributed by atoms with Crippen molar-refractivity contribution in [2.75, 3.05) is 37.8 Å². The van der Waals surface area contributed by atoms with Crippen molar-refractivity contribution in [3.63, 3.8) is 0 Å². The molecule has 1 aliphatic rings. The summed E-state index contributed by atoms with van der Waals surface area (Å²) in [6, 6.07) is 13.6. The van der Waals surface area contributed by atoms with E-state index in [1.165, 1.54) is 19.3 Å². The highest BCUT2D eigenvalue weighted by Gasteiger charge is 2.11. The minimum atomic E-state index is -0.144. The molecule has 1 fully saturated rings. The van der Waals surface area contributed by atoms with Crippen molar-refractivity contribution in [2.45, 2.75) is 25.8 Å². The van der Waals surface area contributed by atoms with Gasteiger partial charge in [0.1, 0.15) is 24.8 Å². The molecule has 2 aromatic rings. The van der Waals surface area contributed by atoms with Gasteiger partial charge in [0.05, 0.1) is 6.61 Å². The SMILES string of the molecule is O=C(COCCOc1ccccc1)NCc1ccc(N2CCCCC2)nc1. The lowest BCUT2D eigenvalue weighted by Crippen LogP contribution is -2.30. The number of nitrogens with zero attached hydrogens (tertiary/aromatic N) is 2. The van der Waals surface area contributed by atoms with E-state index in [-0.39, 0.29) is 12.5 Å². The van der Waals surface area contributed by atoms with Crippen LogP contribution in [0.1, 0.15) is 24.8 Å². The zero-order valence-electron chi connectivity index (χ0n) is 15.6. The van der Waals surface area contributed by atoms with Gasteiger partial charge in [0.2, 0.25) is 5.91 Å². The van der Waals surface area contributed by atoms with Gasteiger partial charge in [0.25, 0.3) is 0 Å². The van der Waals surface area contributed by atoms with Crippen molar-refractivity contribution in [3.8, 4) is 5.75 Å². The number of benzene rings is 1. The Morgan fingerprint density at radius 3 is 2.59 bits per heavy atom. The minimum Gasteiger partial charge on any atom is -0.491 e. The van der Waals surface area contributed by atoms with Gasteiger partial charge in [-0.2, -0.15) is 0 Å². The maximum Gasteiger partial charge on any atom is 0.246 e. The van der Waals surface area contributed by atoms with E-state index in [9.17, 15) is 4.79 Å². The summed E-state index contributed by atoms with van der Waals surface area (Å²) in [5.74, 6) is 1.67. The summed E-state index contributed by atoms with van der Waals surface area (Å²) in [6.07, 6.45) is 5.60. The quantitative estimate of drug-likeness (QED) is 0.689. The molecule has 27 heavy (non-hydrogen) atoms. The molecule has 0 aliphatic carbocycles. The Labute approximate surface area is 160 Å². The van der Waals surface area contributed by atoms with E-state index in [0.29, 0.717) is 19.8 Å². The molecule has 1 saturated heterocycles. The number of rotatable bonds is 9. The second-order valence-electron chi connectivity index (χ2n) is 6.56. The van der Waals surface area contributed by atoms with Gasteiger partial charge in [-0.15, -0.1) is 0 Å². The van der Waals surface area contributed by atoms with Crippen LogP contribution in [0.2, 0.25) is 0 Å². The predicted molar refractivity (Wildman–Crippen MR) is 105 cm³/mol. The molecule has 0 radical (unpaired) electrons. The van der Waals surface area contributed by atoms with E-state index in [1.807, 2.05) is 48.7 Å². The first-order chi connectivity index (χ1) is 13.3. The Morgan fingerprint density at radius 2 is 1.85 bits per heavy atom. The summed E-state index contributed by atoms with van der Waals surface area (Å²) < 4.78 is 10.9. The third-order valence-electron chi connectivity index (χ3n) is 4.45. The number of pyridine rings is 1. The fourth-order valence-electron chi connectivity index (χ4n) is 2.98. The van der Waals surface area contributed by atoms with Gasteiger partial charge in [-0.25, -0.2) is 4.98 Å². The number of amides is 1. The number of hydrogen-bond donors (Lipinski definition) is 1. The average Bonchev–Trinajstić information content (AvgIpc) is 2.74. The molecule has 0 spiro atoms. The molecule has 1 N–H and O–H groups in total. The Hall–Kier alpha value is -2.60. The van der Waals surface area contributed by atoms with Crippen LogP contribution in [0.15, 0.2) is 48.7 Å². The number of para-hydroxylation sites is 1. The molecule has 1 aromatic heterocycles. The molecule has 3 rings (SSSR count). The number of carbonyl (C=O) groups is 1. The van der Waals surface area contributed by atoms with Crippen molar-refractivity contribution >= 4 is 11.7 Å². The van der Waals surface area contributed by atoms with E-state index >= 15 is 0 Å². The summed E-state index contributed by atoms with van der Waals surface area (Å²) in [6.45, 7) is 3.42. The number of aromatic nitrogens is 1. The number of nitrogens with one attached hydrogen (secondary N) is 1. The van der Waals surface area contributed by atoms with Crippen LogP contribution < -0.4 is 15.0 Å². The van der Waals surface area contributed by atoms with Gasteiger partial charge in [-0.05, 0) is 43.0 Å². The van der Waals surface area contributed by atoms with E-state index in [4.69, 9.17) is 9.47 Å². The van der Waals surface area contributed by atoms with Gasteiger partial charge in [0, 0.05) is 25.8 Å². The highest BCUT2D eigenvalue weighted by atomic mass is 16.5. The van der Waals surface area contributed by atoms with Crippen LogP contribution in [0.3, 0.4) is 0 Å². The average molecular weight is 369 g/mol. The maximum atomic E-state index is 11.9. The Morgan fingerprint density at radius 1 is 1.04 bits per heavy atom. The van der Waals surface area contributed by atoms with Crippen LogP contribution >= 0.6 is 0 Å². The third-order valence-corrected chi connectivity index (χ3v) is 4.45. The molecule has 2 heterocycles. The number of anilines is 1. The number of piperidine rings is 1. The zero-order chi connectivity index (χ0) is 18.7. The van der Waals surface area contributed by atoms with Crippen molar-refractivity contribution < 1.29 is 14.3 Å². The fourth-order valence-corrected chi connectivity index (χ4v) is 2.98. The van der Waals surface area contributed by atoms with Crippen LogP contribution in [-0.4, -0.2) is 43.8 Å². The molecule has 0 unspecified atom stereocenters. The lowest BCUT2D eigenvalue weighted by molar-refractivity contribution is -0.126. The van der Waals surface area contributed by atoms with E-state index in [0.717, 1.165) is 30.2 Å². The summed E-state index contributed by atoms with van der Waals surface area (Å²) in [7, 11) is 0. The largest absolute Gasteiger partial charge is 0.491 e. The molecule has 144 valence electrons. The molecule has 0 atom stereocenters.